The molecular formula is C31H42ClN3O4. The first kappa shape index (κ1) is 30.5. The van der Waals surface area contributed by atoms with Crippen molar-refractivity contribution >= 4 is 35.2 Å². The maximum Gasteiger partial charge on any atom is 0.408 e. The molecule has 2 aromatic rings. The lowest BCUT2D eigenvalue weighted by Crippen LogP contribution is -2.55. The minimum atomic E-state index is -0.910. The van der Waals surface area contributed by atoms with Crippen molar-refractivity contribution in [1.82, 2.24) is 10.2 Å². The van der Waals surface area contributed by atoms with E-state index in [0.29, 0.717) is 17.1 Å². The molecule has 8 heteroatoms. The van der Waals surface area contributed by atoms with E-state index in [1.807, 2.05) is 65.0 Å². The Labute approximate surface area is 237 Å². The number of nitrogens with one attached hydrogen (secondary N) is 2. The Balaban J connectivity index is 2.08. The van der Waals surface area contributed by atoms with Crippen molar-refractivity contribution in [2.75, 3.05) is 5.32 Å². The summed E-state index contributed by atoms with van der Waals surface area (Å²) in [5.74, 6) is -0.825. The molecule has 2 N–H and O–H groups in total. The third-order valence-corrected chi connectivity index (χ3v) is 7.39. The lowest BCUT2D eigenvalue weighted by atomic mass is 9.93. The summed E-state index contributed by atoms with van der Waals surface area (Å²) in [4.78, 5) is 43.0. The number of ether oxygens (including phenoxy) is 1. The number of hydrogen-bond acceptors (Lipinski definition) is 4. The van der Waals surface area contributed by atoms with Crippen LogP contribution < -0.4 is 10.6 Å². The predicted molar refractivity (Wildman–Crippen MR) is 156 cm³/mol. The van der Waals surface area contributed by atoms with E-state index in [1.54, 1.807) is 31.7 Å². The molecule has 0 heterocycles. The molecule has 212 valence electrons. The number of hydrogen-bond donors (Lipinski definition) is 2. The van der Waals surface area contributed by atoms with E-state index in [9.17, 15) is 14.4 Å². The molecule has 39 heavy (non-hydrogen) atoms. The van der Waals surface area contributed by atoms with Crippen molar-refractivity contribution in [2.45, 2.75) is 98.4 Å². The Morgan fingerprint density at radius 2 is 1.74 bits per heavy atom. The third kappa shape index (κ3) is 7.75. The molecule has 0 saturated heterocycles. The number of anilines is 1. The summed E-state index contributed by atoms with van der Waals surface area (Å²) >= 11 is 6.46. The van der Waals surface area contributed by atoms with Gasteiger partial charge in [-0.05, 0) is 83.1 Å². The highest BCUT2D eigenvalue weighted by atomic mass is 35.5. The minimum Gasteiger partial charge on any atom is -0.444 e. The van der Waals surface area contributed by atoms with Gasteiger partial charge in [-0.1, -0.05) is 67.8 Å². The number of benzene rings is 2. The first-order valence-electron chi connectivity index (χ1n) is 13.7. The summed E-state index contributed by atoms with van der Waals surface area (Å²) < 4.78 is 5.49. The molecule has 3 atom stereocenters. The predicted octanol–water partition coefficient (Wildman–Crippen LogP) is 6.88. The van der Waals surface area contributed by atoms with Crippen LogP contribution in [0.2, 0.25) is 5.02 Å². The van der Waals surface area contributed by atoms with E-state index in [0.717, 1.165) is 35.1 Å². The van der Waals surface area contributed by atoms with E-state index in [4.69, 9.17) is 16.3 Å². The molecule has 0 aliphatic heterocycles. The van der Waals surface area contributed by atoms with Crippen LogP contribution in [0.3, 0.4) is 0 Å². The van der Waals surface area contributed by atoms with Gasteiger partial charge in [-0.25, -0.2) is 4.79 Å². The van der Waals surface area contributed by atoms with Crippen LogP contribution in [0.5, 0.6) is 0 Å². The van der Waals surface area contributed by atoms with E-state index < -0.39 is 23.8 Å². The van der Waals surface area contributed by atoms with Gasteiger partial charge in [0, 0.05) is 6.04 Å². The number of amides is 3. The van der Waals surface area contributed by atoms with Crippen LogP contribution in [0.25, 0.3) is 0 Å². The molecule has 2 aromatic carbocycles. The van der Waals surface area contributed by atoms with Crippen LogP contribution in [0.15, 0.2) is 36.4 Å². The van der Waals surface area contributed by atoms with Crippen LogP contribution in [-0.4, -0.2) is 40.5 Å². The number of alkyl carbamates (subject to hydrolysis) is 1. The highest BCUT2D eigenvalue weighted by Gasteiger charge is 2.45. The van der Waals surface area contributed by atoms with Crippen molar-refractivity contribution in [1.29, 1.82) is 0 Å². The summed E-state index contributed by atoms with van der Waals surface area (Å²) in [7, 11) is 0. The van der Waals surface area contributed by atoms with Gasteiger partial charge in [0.05, 0.1) is 10.7 Å². The fourth-order valence-electron chi connectivity index (χ4n) is 4.60. The second-order valence-corrected chi connectivity index (χ2v) is 12.1. The molecule has 3 amide bonds. The van der Waals surface area contributed by atoms with Gasteiger partial charge >= 0.3 is 6.09 Å². The van der Waals surface area contributed by atoms with Crippen molar-refractivity contribution < 1.29 is 19.1 Å². The molecule has 1 fully saturated rings. The number of carbonyl (C=O) groups excluding carboxylic acids is 3. The van der Waals surface area contributed by atoms with E-state index in [-0.39, 0.29) is 23.8 Å². The van der Waals surface area contributed by atoms with Crippen LogP contribution in [0.4, 0.5) is 10.5 Å². The normalized spacial score (nSPS) is 15.6. The monoisotopic (exact) mass is 555 g/mol. The number of aryl methyl sites for hydroxylation is 3. The first-order chi connectivity index (χ1) is 18.2. The largest absolute Gasteiger partial charge is 0.444 e. The van der Waals surface area contributed by atoms with Crippen molar-refractivity contribution in [2.24, 2.45) is 5.92 Å². The van der Waals surface area contributed by atoms with E-state index >= 15 is 0 Å². The highest BCUT2D eigenvalue weighted by Crippen LogP contribution is 2.38. The Hall–Kier alpha value is -3.06. The number of nitrogens with zero attached hydrogens (tertiary/aromatic N) is 1. The van der Waals surface area contributed by atoms with Crippen LogP contribution in [0.1, 0.15) is 82.2 Å². The van der Waals surface area contributed by atoms with Crippen molar-refractivity contribution in [3.8, 4) is 0 Å². The first-order valence-corrected chi connectivity index (χ1v) is 14.1. The maximum absolute atomic E-state index is 14.4. The van der Waals surface area contributed by atoms with Crippen LogP contribution in [-0.2, 0) is 14.3 Å². The summed E-state index contributed by atoms with van der Waals surface area (Å²) in [6.45, 7) is 15.0. The molecule has 0 aromatic heterocycles. The molecular weight excluding hydrogens is 514 g/mol. The lowest BCUT2D eigenvalue weighted by molar-refractivity contribution is -0.142. The lowest BCUT2D eigenvalue weighted by Gasteiger charge is -2.37. The molecule has 1 saturated carbocycles. The summed E-state index contributed by atoms with van der Waals surface area (Å²) in [6, 6.07) is 9.46. The van der Waals surface area contributed by atoms with E-state index in [2.05, 4.69) is 10.6 Å². The van der Waals surface area contributed by atoms with Gasteiger partial charge in [0.25, 0.3) is 5.91 Å². The molecule has 0 spiro atoms. The minimum absolute atomic E-state index is 0.118. The van der Waals surface area contributed by atoms with Gasteiger partial charge in [0.15, 0.2) is 0 Å². The average molecular weight is 556 g/mol. The Morgan fingerprint density at radius 1 is 1.08 bits per heavy atom. The zero-order chi connectivity index (χ0) is 29.1. The maximum atomic E-state index is 14.4. The van der Waals surface area contributed by atoms with Gasteiger partial charge in [0.2, 0.25) is 5.91 Å². The second-order valence-electron chi connectivity index (χ2n) is 11.7. The SMILES string of the molecule is CCC(C)C(NC(=O)OC(C)(C)C)C(=O)N(C1CC1)C(C(=O)Nc1c(C)cccc1Cl)c1cc(C)ccc1C. The Morgan fingerprint density at radius 3 is 2.31 bits per heavy atom. The fraction of sp³-hybridized carbons (Fsp3) is 0.516. The molecule has 3 rings (SSSR count). The van der Waals surface area contributed by atoms with Gasteiger partial charge in [-0.2, -0.15) is 0 Å². The number of para-hydroxylation sites is 1. The van der Waals surface area contributed by atoms with Gasteiger partial charge in [0.1, 0.15) is 17.7 Å². The van der Waals surface area contributed by atoms with Crippen molar-refractivity contribution in [3.63, 3.8) is 0 Å². The van der Waals surface area contributed by atoms with Crippen LogP contribution in [0, 0.1) is 26.7 Å². The standard InChI is InChI=1S/C31H42ClN3O4/c1-9-19(3)26(34-30(38)39-31(6,7)8)29(37)35(22-15-16-22)27(23-17-18(2)13-14-20(23)4)28(36)33-25-21(5)11-10-12-24(25)32/h10-14,17,19,22,26-27H,9,15-16H2,1-8H3,(H,33,36)(H,34,38). The van der Waals surface area contributed by atoms with Gasteiger partial charge in [-0.15, -0.1) is 0 Å². The Bertz CT molecular complexity index is 1200. The zero-order valence-corrected chi connectivity index (χ0v) is 25.1. The van der Waals surface area contributed by atoms with E-state index in [1.165, 1.54) is 0 Å². The highest BCUT2D eigenvalue weighted by molar-refractivity contribution is 6.34. The third-order valence-electron chi connectivity index (χ3n) is 7.07. The van der Waals surface area contributed by atoms with Gasteiger partial charge in [-0.3, -0.25) is 9.59 Å². The molecule has 1 aliphatic rings. The average Bonchev–Trinajstić information content (AvgIpc) is 3.68. The molecule has 0 radical (unpaired) electrons. The smallest absolute Gasteiger partial charge is 0.408 e. The van der Waals surface area contributed by atoms with Crippen LogP contribution >= 0.6 is 11.6 Å². The van der Waals surface area contributed by atoms with Gasteiger partial charge < -0.3 is 20.3 Å². The fourth-order valence-corrected chi connectivity index (χ4v) is 4.87. The molecule has 0 bridgehead atoms. The summed E-state index contributed by atoms with van der Waals surface area (Å²) in [5.41, 5.74) is 3.26. The molecule has 1 aliphatic carbocycles. The summed E-state index contributed by atoms with van der Waals surface area (Å²) in [6.07, 6.45) is 1.57. The zero-order valence-electron chi connectivity index (χ0n) is 24.4. The topological polar surface area (TPSA) is 87.7 Å². The number of carbonyl (C=O) groups is 3. The number of halogens is 1. The molecule has 7 nitrogen and oxygen atoms in total. The van der Waals surface area contributed by atoms with Crippen molar-refractivity contribution in [3.05, 3.63) is 63.7 Å². The number of rotatable bonds is 9. The molecule has 3 unspecified atom stereocenters. The Kier molecular flexibility index (Phi) is 9.70. The summed E-state index contributed by atoms with van der Waals surface area (Å²) in [5, 5.41) is 6.27. The quantitative estimate of drug-likeness (QED) is 0.353. The second kappa shape index (κ2) is 12.4.